The van der Waals surface area contributed by atoms with Crippen molar-refractivity contribution in [2.45, 2.75) is 6.92 Å². The van der Waals surface area contributed by atoms with Gasteiger partial charge >= 0.3 is 5.97 Å². The lowest BCUT2D eigenvalue weighted by Crippen LogP contribution is -2.19. The minimum absolute atomic E-state index is 0.203. The molecule has 0 aromatic heterocycles. The van der Waals surface area contributed by atoms with Crippen molar-refractivity contribution in [1.29, 1.82) is 0 Å². The van der Waals surface area contributed by atoms with E-state index in [2.05, 4.69) is 4.99 Å². The molecule has 0 saturated heterocycles. The van der Waals surface area contributed by atoms with E-state index in [-0.39, 0.29) is 12.3 Å². The predicted molar refractivity (Wildman–Crippen MR) is 88.8 cm³/mol. The fourth-order valence-corrected chi connectivity index (χ4v) is 2.04. The van der Waals surface area contributed by atoms with E-state index in [4.69, 9.17) is 14.2 Å². The lowest BCUT2D eigenvalue weighted by atomic mass is 10.1. The van der Waals surface area contributed by atoms with Crippen LogP contribution in [0.4, 0.5) is 5.69 Å². The smallest absolute Gasteiger partial charge is 0.357 e. The summed E-state index contributed by atoms with van der Waals surface area (Å²) in [4.78, 5) is 16.7. The first-order chi connectivity index (χ1) is 11.2. The van der Waals surface area contributed by atoms with Gasteiger partial charge in [0.25, 0.3) is 0 Å². The Bertz CT molecular complexity index is 692. The maximum absolute atomic E-state index is 12.3. The number of ether oxygens (including phenoxy) is 3. The van der Waals surface area contributed by atoms with Crippen LogP contribution in [0.5, 0.6) is 11.5 Å². The van der Waals surface area contributed by atoms with E-state index in [1.165, 1.54) is 0 Å². The molecule has 0 unspecified atom stereocenters. The SMILES string of the molecule is CCOC(=O)C(=Nc1ccc(OC)cc1)c1ccccc1OC. The second kappa shape index (κ2) is 7.98. The molecule has 0 bridgehead atoms. The Morgan fingerprint density at radius 2 is 1.70 bits per heavy atom. The topological polar surface area (TPSA) is 57.1 Å². The second-order valence-electron chi connectivity index (χ2n) is 4.58. The molecule has 0 atom stereocenters. The van der Waals surface area contributed by atoms with Crippen LogP contribution in [0.1, 0.15) is 12.5 Å². The van der Waals surface area contributed by atoms with Gasteiger partial charge in [0.05, 0.1) is 26.5 Å². The number of aliphatic imine (C=N–C) groups is 1. The summed E-state index contributed by atoms with van der Waals surface area (Å²) in [5.41, 5.74) is 1.42. The minimum atomic E-state index is -0.493. The molecule has 2 rings (SSSR count). The third-order valence-corrected chi connectivity index (χ3v) is 3.14. The fraction of sp³-hybridized carbons (Fsp3) is 0.222. The van der Waals surface area contributed by atoms with Crippen LogP contribution in [0.15, 0.2) is 53.5 Å². The van der Waals surface area contributed by atoms with Gasteiger partial charge in [0.1, 0.15) is 11.5 Å². The summed E-state index contributed by atoms with van der Waals surface area (Å²) in [6.45, 7) is 2.03. The molecule has 0 heterocycles. The van der Waals surface area contributed by atoms with Gasteiger partial charge in [0.15, 0.2) is 5.71 Å². The zero-order valence-electron chi connectivity index (χ0n) is 13.4. The largest absolute Gasteiger partial charge is 0.497 e. The molecule has 0 aliphatic heterocycles. The van der Waals surface area contributed by atoms with Crippen LogP contribution >= 0.6 is 0 Å². The van der Waals surface area contributed by atoms with Crippen LogP contribution < -0.4 is 9.47 Å². The van der Waals surface area contributed by atoms with Crippen molar-refractivity contribution in [1.82, 2.24) is 0 Å². The van der Waals surface area contributed by atoms with Gasteiger partial charge in [-0.15, -0.1) is 0 Å². The van der Waals surface area contributed by atoms with Crippen LogP contribution in [0, 0.1) is 0 Å². The van der Waals surface area contributed by atoms with Crippen molar-refractivity contribution in [3.8, 4) is 11.5 Å². The monoisotopic (exact) mass is 313 g/mol. The Kier molecular flexibility index (Phi) is 5.74. The van der Waals surface area contributed by atoms with Gasteiger partial charge in [-0.3, -0.25) is 0 Å². The van der Waals surface area contributed by atoms with E-state index < -0.39 is 5.97 Å². The molecule has 5 heteroatoms. The number of para-hydroxylation sites is 1. The molecular formula is C18H19NO4. The highest BCUT2D eigenvalue weighted by molar-refractivity contribution is 6.44. The number of hydrogen-bond acceptors (Lipinski definition) is 5. The Hall–Kier alpha value is -2.82. The number of rotatable bonds is 6. The Labute approximate surface area is 135 Å². The summed E-state index contributed by atoms with van der Waals surface area (Å²) in [7, 11) is 3.14. The van der Waals surface area contributed by atoms with Crippen molar-refractivity contribution in [2.75, 3.05) is 20.8 Å². The summed E-state index contributed by atoms with van der Waals surface area (Å²) in [6.07, 6.45) is 0. The molecule has 0 fully saturated rings. The molecule has 120 valence electrons. The summed E-state index contributed by atoms with van der Waals surface area (Å²) >= 11 is 0. The number of benzene rings is 2. The molecule has 23 heavy (non-hydrogen) atoms. The van der Waals surface area contributed by atoms with E-state index in [0.29, 0.717) is 17.0 Å². The molecule has 0 radical (unpaired) electrons. The van der Waals surface area contributed by atoms with Gasteiger partial charge < -0.3 is 14.2 Å². The maximum atomic E-state index is 12.3. The van der Waals surface area contributed by atoms with Crippen molar-refractivity contribution in [3.05, 3.63) is 54.1 Å². The minimum Gasteiger partial charge on any atom is -0.497 e. The zero-order chi connectivity index (χ0) is 16.7. The lowest BCUT2D eigenvalue weighted by molar-refractivity contribution is -0.134. The standard InChI is InChI=1S/C18H19NO4/c1-4-23-18(20)17(15-7-5-6-8-16(15)22-3)19-13-9-11-14(21-2)12-10-13/h5-12H,4H2,1-3H3. The fourth-order valence-electron chi connectivity index (χ4n) is 2.04. The molecule has 5 nitrogen and oxygen atoms in total. The Morgan fingerprint density at radius 3 is 2.30 bits per heavy atom. The third kappa shape index (κ3) is 4.10. The average Bonchev–Trinajstić information content (AvgIpc) is 2.60. The van der Waals surface area contributed by atoms with E-state index >= 15 is 0 Å². The highest BCUT2D eigenvalue weighted by atomic mass is 16.5. The Morgan fingerprint density at radius 1 is 1.00 bits per heavy atom. The van der Waals surface area contributed by atoms with E-state index in [1.54, 1.807) is 57.5 Å². The van der Waals surface area contributed by atoms with Crippen molar-refractivity contribution in [3.63, 3.8) is 0 Å². The van der Waals surface area contributed by atoms with Gasteiger partial charge in [0.2, 0.25) is 0 Å². The normalized spacial score (nSPS) is 11.0. The molecule has 0 aliphatic rings. The van der Waals surface area contributed by atoms with Crippen LogP contribution in [0.3, 0.4) is 0 Å². The van der Waals surface area contributed by atoms with E-state index in [9.17, 15) is 4.79 Å². The summed E-state index contributed by atoms with van der Waals surface area (Å²) in [5, 5.41) is 0. The Balaban J connectivity index is 2.48. The first-order valence-electron chi connectivity index (χ1n) is 7.22. The van der Waals surface area contributed by atoms with Gasteiger partial charge in [-0.1, -0.05) is 12.1 Å². The van der Waals surface area contributed by atoms with Gasteiger partial charge in [-0.25, -0.2) is 9.79 Å². The van der Waals surface area contributed by atoms with E-state index in [0.717, 1.165) is 5.75 Å². The first-order valence-corrected chi connectivity index (χ1v) is 7.22. The van der Waals surface area contributed by atoms with Crippen LogP contribution in [-0.2, 0) is 9.53 Å². The number of carbonyl (C=O) groups excluding carboxylic acids is 1. The van der Waals surface area contributed by atoms with E-state index in [1.807, 2.05) is 12.1 Å². The van der Waals surface area contributed by atoms with Crippen molar-refractivity contribution >= 4 is 17.4 Å². The highest BCUT2D eigenvalue weighted by Gasteiger charge is 2.19. The molecule has 0 aliphatic carbocycles. The van der Waals surface area contributed by atoms with Crippen LogP contribution in [-0.4, -0.2) is 32.5 Å². The van der Waals surface area contributed by atoms with Crippen LogP contribution in [0.25, 0.3) is 0 Å². The maximum Gasteiger partial charge on any atom is 0.357 e. The zero-order valence-corrected chi connectivity index (χ0v) is 13.4. The van der Waals surface area contributed by atoms with Crippen LogP contribution in [0.2, 0.25) is 0 Å². The van der Waals surface area contributed by atoms with Gasteiger partial charge in [-0.05, 0) is 43.3 Å². The molecule has 0 N–H and O–H groups in total. The molecule has 0 saturated carbocycles. The number of nitrogens with zero attached hydrogens (tertiary/aromatic N) is 1. The summed E-state index contributed by atoms with van der Waals surface area (Å²) in [5.74, 6) is 0.791. The first kappa shape index (κ1) is 16.5. The summed E-state index contributed by atoms with van der Waals surface area (Å²) < 4.78 is 15.6. The lowest BCUT2D eigenvalue weighted by Gasteiger charge is -2.10. The molecule has 0 spiro atoms. The number of hydrogen-bond donors (Lipinski definition) is 0. The van der Waals surface area contributed by atoms with Gasteiger partial charge in [0, 0.05) is 5.56 Å². The quantitative estimate of drug-likeness (QED) is 0.606. The average molecular weight is 313 g/mol. The highest BCUT2D eigenvalue weighted by Crippen LogP contribution is 2.23. The molecule has 2 aromatic rings. The predicted octanol–water partition coefficient (Wildman–Crippen LogP) is 3.39. The number of carbonyl (C=O) groups is 1. The van der Waals surface area contributed by atoms with Gasteiger partial charge in [-0.2, -0.15) is 0 Å². The summed E-state index contributed by atoms with van der Waals surface area (Å²) in [6, 6.07) is 14.3. The number of esters is 1. The molecular weight excluding hydrogens is 294 g/mol. The van der Waals surface area contributed by atoms with Crippen molar-refractivity contribution < 1.29 is 19.0 Å². The second-order valence-corrected chi connectivity index (χ2v) is 4.58. The van der Waals surface area contributed by atoms with Crippen molar-refractivity contribution in [2.24, 2.45) is 4.99 Å². The number of methoxy groups -OCH3 is 2. The molecule has 2 aromatic carbocycles. The molecule has 0 amide bonds. The third-order valence-electron chi connectivity index (χ3n) is 3.14.